The van der Waals surface area contributed by atoms with Crippen LogP contribution in [0.1, 0.15) is 20.8 Å². The van der Waals surface area contributed by atoms with Crippen molar-refractivity contribution in [3.63, 3.8) is 0 Å². The third kappa shape index (κ3) is 4.91. The molecule has 1 atom stereocenters. The predicted molar refractivity (Wildman–Crippen MR) is 94.1 cm³/mol. The van der Waals surface area contributed by atoms with Crippen LogP contribution in [0.15, 0.2) is 81.3 Å². The van der Waals surface area contributed by atoms with E-state index < -0.39 is 8.80 Å². The number of benzene rings is 2. The maximum absolute atomic E-state index is 2.34. The van der Waals surface area contributed by atoms with Crippen molar-refractivity contribution in [1.29, 1.82) is 0 Å². The Morgan fingerprint density at radius 2 is 1.08 bits per heavy atom. The van der Waals surface area contributed by atoms with Gasteiger partial charge in [0.05, 0.1) is 0 Å². The van der Waals surface area contributed by atoms with Crippen LogP contribution in [-0.4, -0.2) is 8.80 Å². The number of hydrogen-bond acceptors (Lipinski definition) is 0. The fourth-order valence-corrected chi connectivity index (χ4v) is 8.67. The van der Waals surface area contributed by atoms with Gasteiger partial charge in [-0.05, 0) is 0 Å². The van der Waals surface area contributed by atoms with Crippen molar-refractivity contribution < 1.29 is 57.7 Å². The Kier molecular flexibility index (Phi) is 10.6. The average molecular weight is 444 g/mol. The second-order valence-electron chi connectivity index (χ2n) is 6.12. The second kappa shape index (κ2) is 10.8. The molecule has 0 aliphatic heterocycles. The van der Waals surface area contributed by atoms with E-state index in [1.807, 2.05) is 0 Å². The molecule has 0 spiro atoms. The summed E-state index contributed by atoms with van der Waals surface area (Å²) in [7, 11) is -1.31. The maximum atomic E-state index is 2.34. The zero-order valence-electron chi connectivity index (χ0n) is 14.6. The van der Waals surface area contributed by atoms with E-state index in [1.54, 1.807) is 19.8 Å². The van der Waals surface area contributed by atoms with Crippen LogP contribution in [0.4, 0.5) is 0 Å². The summed E-state index contributed by atoms with van der Waals surface area (Å²) >= 11 is 2.34. The molecule has 0 fully saturated rings. The van der Waals surface area contributed by atoms with Crippen molar-refractivity contribution in [3.05, 3.63) is 81.3 Å². The molecule has 0 aromatic heterocycles. The van der Waals surface area contributed by atoms with Crippen LogP contribution in [0.25, 0.3) is 0 Å². The molecule has 0 nitrogen and oxygen atoms in total. The molecule has 0 radical (unpaired) electrons. The minimum atomic E-state index is -1.31. The van der Waals surface area contributed by atoms with Crippen molar-refractivity contribution >= 4 is 19.2 Å². The molecule has 130 valence electrons. The summed E-state index contributed by atoms with van der Waals surface area (Å²) in [6, 6.07) is 22.3. The van der Waals surface area contributed by atoms with Gasteiger partial charge < -0.3 is 37.2 Å². The van der Waals surface area contributed by atoms with Crippen LogP contribution in [0.2, 0.25) is 5.54 Å². The van der Waals surface area contributed by atoms with Gasteiger partial charge in [0.25, 0.3) is 0 Å². The number of hydrogen-bond donors (Lipinski definition) is 0. The SMILES string of the molecule is CC1=C(C)C([SiH](c2ccccc2)c2ccccc2)[C]([Ti+3])=C1C.[Cl-].[Cl-].[Cl-]. The molecule has 0 saturated heterocycles. The average Bonchev–Trinajstić information content (AvgIpc) is 2.75. The van der Waals surface area contributed by atoms with E-state index >= 15 is 0 Å². The minimum absolute atomic E-state index is 0. The Hall–Kier alpha value is -0.279. The number of halogens is 3. The first-order valence-corrected chi connectivity index (χ1v) is 10.4. The summed E-state index contributed by atoms with van der Waals surface area (Å²) in [5, 5.41) is 3.08. The van der Waals surface area contributed by atoms with Crippen molar-refractivity contribution in [2.24, 2.45) is 0 Å². The second-order valence-corrected chi connectivity index (χ2v) is 9.92. The quantitative estimate of drug-likeness (QED) is 0.416. The van der Waals surface area contributed by atoms with Gasteiger partial charge in [0.1, 0.15) is 0 Å². The van der Waals surface area contributed by atoms with Gasteiger partial charge in [-0.3, -0.25) is 0 Å². The summed E-state index contributed by atoms with van der Waals surface area (Å²) in [5.74, 6) is 0. The Morgan fingerprint density at radius 1 is 0.680 bits per heavy atom. The van der Waals surface area contributed by atoms with Crippen LogP contribution < -0.4 is 47.6 Å². The Balaban J connectivity index is 0.00000192. The Labute approximate surface area is 183 Å². The van der Waals surface area contributed by atoms with Gasteiger partial charge in [-0.1, -0.05) is 0 Å². The van der Waals surface area contributed by atoms with Gasteiger partial charge in [-0.15, -0.1) is 0 Å². The zero-order valence-corrected chi connectivity index (χ0v) is 19.5. The zero-order chi connectivity index (χ0) is 15.7. The van der Waals surface area contributed by atoms with Crippen molar-refractivity contribution in [1.82, 2.24) is 0 Å². The fraction of sp³-hybridized carbons (Fsp3) is 0.200. The van der Waals surface area contributed by atoms with E-state index in [2.05, 4.69) is 102 Å². The third-order valence-corrected chi connectivity index (χ3v) is 10.3. The van der Waals surface area contributed by atoms with Gasteiger partial charge in [0, 0.05) is 0 Å². The summed E-state index contributed by atoms with van der Waals surface area (Å²) in [6.07, 6.45) is 0. The first-order chi connectivity index (χ1) is 10.6. The van der Waals surface area contributed by atoms with E-state index in [1.165, 1.54) is 11.1 Å². The molecule has 1 aliphatic carbocycles. The largest absolute Gasteiger partial charge is 1.00 e. The Morgan fingerprint density at radius 3 is 1.40 bits per heavy atom. The van der Waals surface area contributed by atoms with Crippen molar-refractivity contribution in [2.75, 3.05) is 0 Å². The van der Waals surface area contributed by atoms with Gasteiger partial charge in [0.15, 0.2) is 0 Å². The van der Waals surface area contributed by atoms with Crippen LogP contribution in [-0.2, 0) is 20.4 Å². The standard InChI is InChI=1S/C20H21Si.3ClH.Ti/c1-15-14-20(17(3)16(15)2)21(18-10-6-4-7-11-18)19-12-8-5-9-13-19;;;;/h4-13,20-21H,1-3H3;3*1H;/q;;;;+3/p-3. The van der Waals surface area contributed by atoms with Gasteiger partial charge >= 0.3 is 147 Å². The predicted octanol–water partition coefficient (Wildman–Crippen LogP) is -5.42. The van der Waals surface area contributed by atoms with Crippen LogP contribution in [0, 0.1) is 0 Å². The molecule has 0 heterocycles. The fourth-order valence-electron chi connectivity index (χ4n) is 3.50. The molecule has 1 unspecified atom stereocenters. The molecule has 2 aromatic carbocycles. The topological polar surface area (TPSA) is 0 Å². The van der Waals surface area contributed by atoms with Crippen molar-refractivity contribution in [3.8, 4) is 0 Å². The maximum Gasteiger partial charge on any atom is -1.00 e. The molecule has 0 N–H and O–H groups in total. The van der Waals surface area contributed by atoms with Gasteiger partial charge in [0.2, 0.25) is 0 Å². The molecular formula is C20H21Cl3SiTi. The van der Waals surface area contributed by atoms with E-state index in [9.17, 15) is 0 Å². The first-order valence-electron chi connectivity index (χ1n) is 7.81. The number of allylic oxidation sites excluding steroid dienone is 4. The molecule has 0 bridgehead atoms. The van der Waals surface area contributed by atoms with E-state index in [0.717, 1.165) is 0 Å². The van der Waals surface area contributed by atoms with Crippen molar-refractivity contribution in [2.45, 2.75) is 26.3 Å². The van der Waals surface area contributed by atoms with E-state index in [0.29, 0.717) is 5.54 Å². The first kappa shape index (κ1) is 24.7. The Bertz CT molecular complexity index is 679. The van der Waals surface area contributed by atoms with Crippen LogP contribution >= 0.6 is 0 Å². The minimum Gasteiger partial charge on any atom is -1.00 e. The summed E-state index contributed by atoms with van der Waals surface area (Å²) in [5.41, 5.74) is 5.21. The monoisotopic (exact) mass is 442 g/mol. The van der Waals surface area contributed by atoms with Gasteiger partial charge in [-0.25, -0.2) is 0 Å². The molecular weight excluding hydrogens is 423 g/mol. The summed E-state index contributed by atoms with van der Waals surface area (Å²) in [4.78, 5) is 0. The smallest absolute Gasteiger partial charge is 1.00 e. The normalized spacial score (nSPS) is 16.3. The van der Waals surface area contributed by atoms with Crippen LogP contribution in [0.3, 0.4) is 0 Å². The summed E-state index contributed by atoms with van der Waals surface area (Å²) in [6.45, 7) is 6.91. The van der Waals surface area contributed by atoms with Gasteiger partial charge in [-0.2, -0.15) is 0 Å². The molecule has 1 aliphatic rings. The van der Waals surface area contributed by atoms with Crippen LogP contribution in [0.5, 0.6) is 0 Å². The molecule has 0 amide bonds. The van der Waals surface area contributed by atoms with E-state index in [4.69, 9.17) is 0 Å². The molecule has 2 aromatic rings. The molecule has 3 rings (SSSR count). The number of rotatable bonds is 3. The van der Waals surface area contributed by atoms with E-state index in [-0.39, 0.29) is 37.2 Å². The summed E-state index contributed by atoms with van der Waals surface area (Å²) < 4.78 is 1.58. The molecule has 0 saturated carbocycles. The molecule has 5 heteroatoms. The molecule has 25 heavy (non-hydrogen) atoms. The third-order valence-electron chi connectivity index (χ3n) is 4.99.